The topological polar surface area (TPSA) is 115 Å². The summed E-state index contributed by atoms with van der Waals surface area (Å²) in [4.78, 5) is 44.0. The van der Waals surface area contributed by atoms with Crippen molar-refractivity contribution in [2.45, 2.75) is 32.3 Å². The number of nitro groups is 1. The lowest BCUT2D eigenvalue weighted by atomic mass is 9.97. The van der Waals surface area contributed by atoms with Gasteiger partial charge in [0.2, 0.25) is 0 Å². The normalized spacial score (nSPS) is 13.5. The number of nitro benzene ring substituents is 1. The molecule has 2 heterocycles. The van der Waals surface area contributed by atoms with Crippen LogP contribution in [0.15, 0.2) is 35.1 Å². The molecule has 0 bridgehead atoms. The molecule has 148 valence electrons. The van der Waals surface area contributed by atoms with Crippen LogP contribution in [-0.2, 0) is 29.0 Å². The predicted molar refractivity (Wildman–Crippen MR) is 109 cm³/mol. The van der Waals surface area contributed by atoms with E-state index < -0.39 is 10.9 Å². The van der Waals surface area contributed by atoms with Gasteiger partial charge in [-0.3, -0.25) is 14.9 Å². The predicted octanol–water partition coefficient (Wildman–Crippen LogP) is 3.53. The van der Waals surface area contributed by atoms with Gasteiger partial charge in [0, 0.05) is 17.0 Å². The Kier molecular flexibility index (Phi) is 5.22. The molecule has 4 rings (SSSR count). The number of aromatic amines is 1. The highest BCUT2D eigenvalue weighted by Crippen LogP contribution is 2.33. The van der Waals surface area contributed by atoms with Crippen LogP contribution < -0.4 is 5.56 Å². The van der Waals surface area contributed by atoms with Gasteiger partial charge in [-0.2, -0.15) is 0 Å². The van der Waals surface area contributed by atoms with Gasteiger partial charge in [-0.05, 0) is 43.4 Å². The number of aryl methyl sites for hydroxylation is 2. The first-order chi connectivity index (χ1) is 14.0. The number of benzene rings is 1. The van der Waals surface area contributed by atoms with Gasteiger partial charge < -0.3 is 9.72 Å². The summed E-state index contributed by atoms with van der Waals surface area (Å²) < 4.78 is 5.13. The van der Waals surface area contributed by atoms with Crippen molar-refractivity contribution in [1.29, 1.82) is 0 Å². The third kappa shape index (κ3) is 3.95. The molecule has 0 atom stereocenters. The maximum absolute atomic E-state index is 12.5. The molecule has 0 radical (unpaired) electrons. The Balaban J connectivity index is 1.48. The van der Waals surface area contributed by atoms with Crippen molar-refractivity contribution >= 4 is 39.3 Å². The second-order valence-corrected chi connectivity index (χ2v) is 7.74. The van der Waals surface area contributed by atoms with Gasteiger partial charge in [0.15, 0.2) is 0 Å². The number of rotatable bonds is 5. The van der Waals surface area contributed by atoms with Gasteiger partial charge >= 0.3 is 5.97 Å². The number of carbonyl (C=O) groups excluding carboxylic acids is 1. The molecular formula is C20H17N3O5S. The van der Waals surface area contributed by atoms with Crippen LogP contribution in [0.1, 0.15) is 34.7 Å². The highest BCUT2D eigenvalue weighted by atomic mass is 32.1. The molecule has 0 unspecified atom stereocenters. The molecule has 0 fully saturated rings. The molecule has 2 aromatic heterocycles. The van der Waals surface area contributed by atoms with Crippen molar-refractivity contribution in [1.82, 2.24) is 9.97 Å². The van der Waals surface area contributed by atoms with Crippen LogP contribution in [0.2, 0.25) is 0 Å². The van der Waals surface area contributed by atoms with Gasteiger partial charge in [0.1, 0.15) is 17.3 Å². The Hall–Kier alpha value is -3.33. The van der Waals surface area contributed by atoms with Crippen molar-refractivity contribution in [3.63, 3.8) is 0 Å². The molecule has 8 nitrogen and oxygen atoms in total. The van der Waals surface area contributed by atoms with Crippen molar-refractivity contribution in [2.24, 2.45) is 0 Å². The number of H-pyrrole nitrogens is 1. The molecule has 0 aliphatic heterocycles. The number of nitrogens with one attached hydrogen (secondary N) is 1. The van der Waals surface area contributed by atoms with E-state index in [1.54, 1.807) is 12.1 Å². The fourth-order valence-electron chi connectivity index (χ4n) is 3.42. The van der Waals surface area contributed by atoms with Crippen molar-refractivity contribution in [3.8, 4) is 0 Å². The summed E-state index contributed by atoms with van der Waals surface area (Å²) >= 11 is 1.52. The molecule has 9 heteroatoms. The van der Waals surface area contributed by atoms with Crippen molar-refractivity contribution in [3.05, 3.63) is 72.6 Å². The van der Waals surface area contributed by atoms with Crippen LogP contribution in [-0.4, -0.2) is 20.9 Å². The Bertz CT molecular complexity index is 1190. The lowest BCUT2D eigenvalue weighted by Crippen LogP contribution is -2.14. The number of esters is 1. The quantitative estimate of drug-likeness (QED) is 0.297. The first-order valence-electron chi connectivity index (χ1n) is 9.14. The molecule has 0 spiro atoms. The lowest BCUT2D eigenvalue weighted by molar-refractivity contribution is -0.385. The highest BCUT2D eigenvalue weighted by Gasteiger charge is 2.20. The monoisotopic (exact) mass is 411 g/mol. The molecule has 1 N–H and O–H groups in total. The number of aromatic nitrogens is 2. The second kappa shape index (κ2) is 7.96. The minimum Gasteiger partial charge on any atom is -0.454 e. The summed E-state index contributed by atoms with van der Waals surface area (Å²) in [6.45, 7) is -0.187. The summed E-state index contributed by atoms with van der Waals surface area (Å²) in [6, 6.07) is 6.08. The molecule has 1 aliphatic carbocycles. The second-order valence-electron chi connectivity index (χ2n) is 6.66. The maximum atomic E-state index is 12.5. The third-order valence-electron chi connectivity index (χ3n) is 4.76. The van der Waals surface area contributed by atoms with Crippen LogP contribution in [0.25, 0.3) is 16.3 Å². The molecule has 1 aromatic carbocycles. The van der Waals surface area contributed by atoms with Gasteiger partial charge in [0.25, 0.3) is 11.2 Å². The zero-order chi connectivity index (χ0) is 20.4. The number of fused-ring (bicyclic) bond motifs is 3. The van der Waals surface area contributed by atoms with Crippen LogP contribution in [0, 0.1) is 10.1 Å². The fourth-order valence-corrected chi connectivity index (χ4v) is 4.70. The maximum Gasteiger partial charge on any atom is 0.331 e. The van der Waals surface area contributed by atoms with Crippen molar-refractivity contribution < 1.29 is 14.5 Å². The summed E-state index contributed by atoms with van der Waals surface area (Å²) in [5, 5.41) is 11.7. The number of hydrogen-bond donors (Lipinski definition) is 1. The summed E-state index contributed by atoms with van der Waals surface area (Å²) in [6.07, 6.45) is 6.50. The summed E-state index contributed by atoms with van der Waals surface area (Å²) in [5.74, 6) is -0.412. The average molecular weight is 411 g/mol. The molecule has 29 heavy (non-hydrogen) atoms. The molecule has 3 aromatic rings. The average Bonchev–Trinajstić information content (AvgIpc) is 3.09. The molecule has 1 aliphatic rings. The van der Waals surface area contributed by atoms with E-state index in [1.807, 2.05) is 0 Å². The van der Waals surface area contributed by atoms with Gasteiger partial charge in [-0.25, -0.2) is 9.78 Å². The van der Waals surface area contributed by atoms with Crippen LogP contribution in [0.3, 0.4) is 0 Å². The molecular weight excluding hydrogens is 394 g/mol. The number of para-hydroxylation sites is 1. The van der Waals surface area contributed by atoms with E-state index in [1.165, 1.54) is 34.4 Å². The summed E-state index contributed by atoms with van der Waals surface area (Å²) in [5.41, 5.74) is 1.08. The van der Waals surface area contributed by atoms with E-state index in [-0.39, 0.29) is 23.7 Å². The van der Waals surface area contributed by atoms with Crippen LogP contribution in [0.4, 0.5) is 5.69 Å². The third-order valence-corrected chi connectivity index (χ3v) is 5.94. The van der Waals surface area contributed by atoms with E-state index in [9.17, 15) is 19.7 Å². The molecule has 0 saturated heterocycles. The molecule has 0 amide bonds. The van der Waals surface area contributed by atoms with Crippen molar-refractivity contribution in [2.75, 3.05) is 0 Å². The number of thiophene rings is 1. The number of carbonyl (C=O) groups is 1. The van der Waals surface area contributed by atoms with Gasteiger partial charge in [-0.1, -0.05) is 12.1 Å². The lowest BCUT2D eigenvalue weighted by Gasteiger charge is -2.09. The zero-order valence-corrected chi connectivity index (χ0v) is 16.2. The standard InChI is InChI=1S/C20H17N3O5S/c24-17(10-9-12-5-1-3-7-14(12)23(26)27)28-11-16-21-19(25)18-13-6-2-4-8-15(13)29-20(18)22-16/h1,3,5,7,9-10H,2,4,6,8,11H2,(H,21,22,25)/b10-9+. The Morgan fingerprint density at radius 3 is 2.93 bits per heavy atom. The van der Waals surface area contributed by atoms with E-state index >= 15 is 0 Å². The molecule has 0 saturated carbocycles. The summed E-state index contributed by atoms with van der Waals surface area (Å²) in [7, 11) is 0. The highest BCUT2D eigenvalue weighted by molar-refractivity contribution is 7.18. The Labute approximate surface area is 169 Å². The van der Waals surface area contributed by atoms with E-state index in [4.69, 9.17) is 4.74 Å². The van der Waals surface area contributed by atoms with E-state index in [0.717, 1.165) is 37.3 Å². The largest absolute Gasteiger partial charge is 0.454 e. The van der Waals surface area contributed by atoms with E-state index in [2.05, 4.69) is 9.97 Å². The minimum atomic E-state index is -0.684. The number of nitrogens with zero attached hydrogens (tertiary/aromatic N) is 2. The Morgan fingerprint density at radius 1 is 1.31 bits per heavy atom. The van der Waals surface area contributed by atoms with E-state index in [0.29, 0.717) is 15.8 Å². The first kappa shape index (κ1) is 19.0. The smallest absolute Gasteiger partial charge is 0.331 e. The minimum absolute atomic E-state index is 0.102. The van der Waals surface area contributed by atoms with Gasteiger partial charge in [0.05, 0.1) is 15.9 Å². The van der Waals surface area contributed by atoms with Crippen LogP contribution in [0.5, 0.6) is 0 Å². The number of hydrogen-bond acceptors (Lipinski definition) is 7. The number of ether oxygens (including phenoxy) is 1. The first-order valence-corrected chi connectivity index (χ1v) is 9.96. The van der Waals surface area contributed by atoms with Gasteiger partial charge in [-0.15, -0.1) is 11.3 Å². The zero-order valence-electron chi connectivity index (χ0n) is 15.3. The fraction of sp³-hybridized carbons (Fsp3) is 0.250. The Morgan fingerprint density at radius 2 is 2.10 bits per heavy atom. The van der Waals surface area contributed by atoms with Crippen LogP contribution >= 0.6 is 11.3 Å². The SMILES string of the molecule is O=C(/C=C/c1ccccc1[N+](=O)[O-])OCc1nc2sc3c(c2c(=O)[nH]1)CCCC3.